The van der Waals surface area contributed by atoms with Gasteiger partial charge in [0, 0.05) is 46.4 Å². The lowest BCUT2D eigenvalue weighted by Gasteiger charge is -2.27. The number of aliphatic imine (C=N–C) groups is 1. The summed E-state index contributed by atoms with van der Waals surface area (Å²) in [6.45, 7) is 22.9. The molecule has 324 valence electrons. The van der Waals surface area contributed by atoms with Crippen LogP contribution in [0.15, 0.2) is 4.99 Å². The molecule has 0 fully saturated rings. The minimum Gasteiger partial charge on any atom is -0.444 e. The molecule has 0 rings (SSSR count). The first-order chi connectivity index (χ1) is 25.7. The second-order valence-electron chi connectivity index (χ2n) is 17.1. The minimum absolute atomic E-state index is 0.0889. The molecular formula is C38H71N7O11. The van der Waals surface area contributed by atoms with Crippen LogP contribution in [0.3, 0.4) is 0 Å². The van der Waals surface area contributed by atoms with Gasteiger partial charge in [-0.1, -0.05) is 12.8 Å². The van der Waals surface area contributed by atoms with Gasteiger partial charge in [0.1, 0.15) is 22.4 Å². The van der Waals surface area contributed by atoms with Crippen LogP contribution in [0.1, 0.15) is 128 Å². The van der Waals surface area contributed by atoms with Gasteiger partial charge in [-0.3, -0.25) is 25.2 Å². The van der Waals surface area contributed by atoms with E-state index in [0.29, 0.717) is 64.8 Å². The lowest BCUT2D eigenvalue weighted by atomic mass is 10.2. The molecule has 1 atom stereocenters. The van der Waals surface area contributed by atoms with E-state index >= 15 is 0 Å². The Hall–Kier alpha value is -4.35. The highest BCUT2D eigenvalue weighted by atomic mass is 16.6. The molecule has 1 unspecified atom stereocenters. The molecule has 0 aromatic carbocycles. The molecule has 0 saturated carbocycles. The summed E-state index contributed by atoms with van der Waals surface area (Å²) in [5, 5.41) is 13.0. The van der Waals surface area contributed by atoms with E-state index in [-0.39, 0.29) is 12.5 Å². The average Bonchev–Trinajstić information content (AvgIpc) is 2.99. The average molecular weight is 802 g/mol. The second kappa shape index (κ2) is 25.0. The van der Waals surface area contributed by atoms with Gasteiger partial charge in [0.25, 0.3) is 11.8 Å². The summed E-state index contributed by atoms with van der Waals surface area (Å²) in [5.41, 5.74) is -2.78. The molecule has 5 N–H and O–H groups in total. The predicted octanol–water partition coefficient (Wildman–Crippen LogP) is 5.13. The van der Waals surface area contributed by atoms with E-state index in [4.69, 9.17) is 23.7 Å². The van der Waals surface area contributed by atoms with E-state index < -0.39 is 64.7 Å². The molecule has 0 spiro atoms. The van der Waals surface area contributed by atoms with E-state index in [1.807, 2.05) is 0 Å². The van der Waals surface area contributed by atoms with Crippen molar-refractivity contribution in [3.8, 4) is 0 Å². The van der Waals surface area contributed by atoms with Crippen molar-refractivity contribution in [3.05, 3.63) is 0 Å². The van der Waals surface area contributed by atoms with Crippen LogP contribution in [0.2, 0.25) is 0 Å². The van der Waals surface area contributed by atoms with Crippen molar-refractivity contribution >= 4 is 42.1 Å². The van der Waals surface area contributed by atoms with E-state index in [9.17, 15) is 28.8 Å². The van der Waals surface area contributed by atoms with Crippen LogP contribution in [0.5, 0.6) is 0 Å². The smallest absolute Gasteiger partial charge is 0.414 e. The number of ether oxygens (including phenoxy) is 5. The number of alkyl carbamates (subject to hydrolysis) is 3. The molecule has 0 bridgehead atoms. The number of carbonyl (C=O) groups excluding carboxylic acids is 6. The van der Waals surface area contributed by atoms with Gasteiger partial charge >= 0.3 is 24.4 Å². The number of rotatable bonds is 19. The van der Waals surface area contributed by atoms with Crippen molar-refractivity contribution in [2.24, 2.45) is 4.99 Å². The van der Waals surface area contributed by atoms with Gasteiger partial charge in [-0.2, -0.15) is 0 Å². The molecule has 0 aromatic heterocycles. The van der Waals surface area contributed by atoms with E-state index in [1.165, 1.54) is 7.11 Å². The summed E-state index contributed by atoms with van der Waals surface area (Å²) in [4.78, 5) is 80.5. The number of nitrogens with zero attached hydrogens (tertiary/aromatic N) is 2. The Labute approximate surface area is 333 Å². The predicted molar refractivity (Wildman–Crippen MR) is 212 cm³/mol. The van der Waals surface area contributed by atoms with Crippen molar-refractivity contribution in [1.82, 2.24) is 31.5 Å². The fourth-order valence-corrected chi connectivity index (χ4v) is 4.46. The molecule has 0 aliphatic rings. The zero-order valence-corrected chi connectivity index (χ0v) is 36.2. The third-order valence-corrected chi connectivity index (χ3v) is 6.68. The summed E-state index contributed by atoms with van der Waals surface area (Å²) in [6.07, 6.45) is 0.450. The molecule has 0 aliphatic carbocycles. The first kappa shape index (κ1) is 51.6. The van der Waals surface area contributed by atoms with Crippen molar-refractivity contribution in [1.29, 1.82) is 0 Å². The Balaban J connectivity index is 4.71. The summed E-state index contributed by atoms with van der Waals surface area (Å²) >= 11 is 0. The lowest BCUT2D eigenvalue weighted by Crippen LogP contribution is -2.47. The van der Waals surface area contributed by atoms with Crippen LogP contribution in [0, 0.1) is 0 Å². The van der Waals surface area contributed by atoms with Crippen molar-refractivity contribution in [2.75, 3.05) is 46.4 Å². The minimum atomic E-state index is -1.33. The molecule has 0 aliphatic heterocycles. The van der Waals surface area contributed by atoms with Crippen molar-refractivity contribution in [3.63, 3.8) is 0 Å². The number of carbonyl (C=O) groups is 6. The molecule has 0 radical (unpaired) electrons. The first-order valence-corrected chi connectivity index (χ1v) is 19.3. The molecular weight excluding hydrogens is 730 g/mol. The number of hydrogen-bond acceptors (Lipinski definition) is 12. The molecule has 56 heavy (non-hydrogen) atoms. The molecule has 0 heterocycles. The van der Waals surface area contributed by atoms with E-state index in [2.05, 4.69) is 31.6 Å². The van der Waals surface area contributed by atoms with Gasteiger partial charge in [-0.05, 0) is 115 Å². The van der Waals surface area contributed by atoms with Gasteiger partial charge in [0.15, 0.2) is 0 Å². The Kier molecular flexibility index (Phi) is 23.1. The highest BCUT2D eigenvalue weighted by molar-refractivity contribution is 6.03. The van der Waals surface area contributed by atoms with Gasteiger partial charge in [-0.25, -0.2) is 19.2 Å². The topological polar surface area (TPSA) is 224 Å². The molecule has 18 nitrogen and oxygen atoms in total. The number of methoxy groups -OCH3 is 1. The van der Waals surface area contributed by atoms with Crippen LogP contribution < -0.4 is 26.6 Å². The third-order valence-electron chi connectivity index (χ3n) is 6.68. The second-order valence-corrected chi connectivity index (χ2v) is 17.1. The number of guanidine groups is 1. The Morgan fingerprint density at radius 3 is 1.39 bits per heavy atom. The van der Waals surface area contributed by atoms with Gasteiger partial charge in [0.2, 0.25) is 12.1 Å². The fourth-order valence-electron chi connectivity index (χ4n) is 4.46. The monoisotopic (exact) mass is 802 g/mol. The van der Waals surface area contributed by atoms with Crippen LogP contribution in [0.4, 0.5) is 19.2 Å². The van der Waals surface area contributed by atoms with Crippen LogP contribution >= 0.6 is 0 Å². The van der Waals surface area contributed by atoms with Crippen molar-refractivity contribution < 1.29 is 52.5 Å². The number of hydrogen-bond donors (Lipinski definition) is 5. The largest absolute Gasteiger partial charge is 0.444 e. The van der Waals surface area contributed by atoms with Crippen LogP contribution in [-0.2, 0) is 33.3 Å². The Bertz CT molecular complexity index is 1250. The summed E-state index contributed by atoms with van der Waals surface area (Å²) in [7, 11) is 1.28. The molecule has 18 heteroatoms. The molecule has 0 saturated heterocycles. The summed E-state index contributed by atoms with van der Waals surface area (Å²) < 4.78 is 26.4. The summed E-state index contributed by atoms with van der Waals surface area (Å²) in [5.74, 6) is -1.22. The quantitative estimate of drug-likeness (QED) is 0.0379. The molecule has 0 aromatic rings. The third kappa shape index (κ3) is 29.0. The van der Waals surface area contributed by atoms with E-state index in [0.717, 1.165) is 12.8 Å². The Morgan fingerprint density at radius 2 is 0.929 bits per heavy atom. The van der Waals surface area contributed by atoms with Gasteiger partial charge in [0.05, 0.1) is 0 Å². The zero-order valence-electron chi connectivity index (χ0n) is 36.2. The molecule has 6 amide bonds. The SMILES string of the molecule is COC(C(=O)NCCCCCCN=C(NC(=O)OC(C)(C)C)NC(=O)OC(C)(C)C)C(=O)NCCCCN(CCCNC(=O)OC(C)(C)C)C(=O)OC(C)(C)C. The number of nitrogens with one attached hydrogen (secondary N) is 5. The maximum absolute atomic E-state index is 12.8. The zero-order chi connectivity index (χ0) is 43.2. The van der Waals surface area contributed by atoms with E-state index in [1.54, 1.807) is 88.0 Å². The first-order valence-electron chi connectivity index (χ1n) is 19.3. The highest BCUT2D eigenvalue weighted by Crippen LogP contribution is 2.12. The van der Waals surface area contributed by atoms with Gasteiger partial charge in [-0.15, -0.1) is 0 Å². The summed E-state index contributed by atoms with van der Waals surface area (Å²) in [6, 6.07) is 0. The van der Waals surface area contributed by atoms with Crippen molar-refractivity contribution in [2.45, 2.75) is 157 Å². The maximum atomic E-state index is 12.8. The van der Waals surface area contributed by atoms with Crippen LogP contribution in [-0.4, -0.2) is 122 Å². The van der Waals surface area contributed by atoms with Gasteiger partial charge < -0.3 is 44.5 Å². The number of amides is 6. The normalized spacial score (nSPS) is 12.3. The van der Waals surface area contributed by atoms with Crippen LogP contribution in [0.25, 0.3) is 0 Å². The lowest BCUT2D eigenvalue weighted by molar-refractivity contribution is -0.143. The standard InChI is InChI=1S/C38H71N7O11/c1-35(2,3)53-31(48)42-24-20-26-45(34(51)56-38(10,11)12)25-19-18-22-40-29(47)27(52-13)28(46)39-21-16-14-15-17-23-41-30(43-32(49)54-36(4,5)6)44-33(50)55-37(7,8)9/h27H,14-26H2,1-13H3,(H,39,46)(H,40,47)(H,42,48)(H2,41,43,44,49,50). The number of unbranched alkanes of at least 4 members (excludes halogenated alkanes) is 4. The highest BCUT2D eigenvalue weighted by Gasteiger charge is 2.26. The fraction of sp³-hybridized carbons (Fsp3) is 0.816. The Morgan fingerprint density at radius 1 is 0.518 bits per heavy atom. The maximum Gasteiger partial charge on any atom is 0.414 e.